The molecule has 16 aromatic rings. The van der Waals surface area contributed by atoms with Crippen LogP contribution in [0.3, 0.4) is 0 Å². The van der Waals surface area contributed by atoms with Crippen molar-refractivity contribution in [1.29, 1.82) is 10.5 Å². The molecule has 90 heavy (non-hydrogen) atoms. The highest BCUT2D eigenvalue weighted by Gasteiger charge is 2.25. The molecule has 0 aliphatic rings. The third kappa shape index (κ3) is 9.51. The zero-order valence-corrected chi connectivity index (χ0v) is 48.4. The average Bonchev–Trinajstić information content (AvgIpc) is 1.56. The summed E-state index contributed by atoms with van der Waals surface area (Å²) < 4.78 is 4.64. The molecule has 0 aliphatic heterocycles. The van der Waals surface area contributed by atoms with Crippen LogP contribution in [-0.2, 0) is 0 Å². The first-order chi connectivity index (χ1) is 44.5. The van der Waals surface area contributed by atoms with Gasteiger partial charge in [0.2, 0.25) is 0 Å². The number of nitrogens with zero attached hydrogens (tertiary/aromatic N) is 8. The normalized spacial score (nSPS) is 11.3. The summed E-state index contributed by atoms with van der Waals surface area (Å²) in [7, 11) is 0. The smallest absolute Gasteiger partial charge is 0.0993 e. The summed E-state index contributed by atoms with van der Waals surface area (Å²) in [4.78, 5) is 19.9. The lowest BCUT2D eigenvalue weighted by molar-refractivity contribution is 1.13. The Morgan fingerprint density at radius 2 is 0.522 bits per heavy atom. The maximum Gasteiger partial charge on any atom is 0.0993 e. The molecule has 0 atom stereocenters. The quantitative estimate of drug-likeness (QED) is 0.128. The Morgan fingerprint density at radius 3 is 0.800 bits per heavy atom. The Balaban J connectivity index is 0.972. The lowest BCUT2D eigenvalue weighted by Crippen LogP contribution is -2.05. The number of hydrogen-bond acceptors (Lipinski definition) is 6. The molecule has 0 aliphatic carbocycles. The van der Waals surface area contributed by atoms with Crippen molar-refractivity contribution < 1.29 is 0 Å². The van der Waals surface area contributed by atoms with Crippen LogP contribution in [0.1, 0.15) is 11.1 Å². The first-order valence-corrected chi connectivity index (χ1v) is 29.8. The number of pyridine rings is 4. The second-order valence-electron chi connectivity index (χ2n) is 22.5. The van der Waals surface area contributed by atoms with Gasteiger partial charge >= 0.3 is 0 Å². The Bertz CT molecular complexity index is 4900. The van der Waals surface area contributed by atoms with Gasteiger partial charge in [0.15, 0.2) is 0 Å². The van der Waals surface area contributed by atoms with Gasteiger partial charge in [-0.15, -0.1) is 0 Å². The first-order valence-electron chi connectivity index (χ1n) is 29.8. The molecule has 16 rings (SSSR count). The number of nitriles is 2. The molecule has 10 aromatic carbocycles. The summed E-state index contributed by atoms with van der Waals surface area (Å²) >= 11 is 0. The van der Waals surface area contributed by atoms with Crippen molar-refractivity contribution in [3.05, 3.63) is 315 Å². The van der Waals surface area contributed by atoms with Gasteiger partial charge in [0.1, 0.15) is 0 Å². The predicted octanol–water partition coefficient (Wildman–Crippen LogP) is 20.2. The summed E-state index contributed by atoms with van der Waals surface area (Å²) in [5.41, 5.74) is 23.2. The molecule has 418 valence electrons. The first kappa shape index (κ1) is 52.9. The van der Waals surface area contributed by atoms with E-state index in [0.29, 0.717) is 11.1 Å². The second-order valence-corrected chi connectivity index (χ2v) is 22.5. The number of fused-ring (bicyclic) bond motifs is 6. The molecule has 0 bridgehead atoms. The van der Waals surface area contributed by atoms with Crippen LogP contribution in [0.25, 0.3) is 156 Å². The van der Waals surface area contributed by atoms with Crippen LogP contribution in [0.5, 0.6) is 0 Å². The summed E-state index contributed by atoms with van der Waals surface area (Å²) in [6.45, 7) is 0. The highest BCUT2D eigenvalue weighted by molar-refractivity contribution is 6.14. The fourth-order valence-electron chi connectivity index (χ4n) is 12.7. The minimum Gasteiger partial charge on any atom is -0.308 e. The number of rotatable bonds is 11. The van der Waals surface area contributed by atoms with Gasteiger partial charge in [-0.05, 0) is 101 Å². The lowest BCUT2D eigenvalue weighted by Gasteiger charge is -2.21. The Kier molecular flexibility index (Phi) is 13.1. The highest BCUT2D eigenvalue weighted by Crippen LogP contribution is 2.46. The van der Waals surface area contributed by atoms with E-state index >= 15 is 0 Å². The summed E-state index contributed by atoms with van der Waals surface area (Å²) in [6, 6.07) is 101. The minimum atomic E-state index is 0.451. The molecule has 6 aromatic heterocycles. The van der Waals surface area contributed by atoms with Crippen LogP contribution in [-0.4, -0.2) is 29.1 Å². The summed E-state index contributed by atoms with van der Waals surface area (Å²) in [6.07, 6.45) is 7.78. The van der Waals surface area contributed by atoms with Crippen molar-refractivity contribution in [3.63, 3.8) is 0 Å². The maximum absolute atomic E-state index is 11.5. The Labute approximate surface area is 519 Å². The molecule has 0 N–H and O–H groups in total. The lowest BCUT2D eigenvalue weighted by atomic mass is 9.96. The molecule has 0 radical (unpaired) electrons. The van der Waals surface area contributed by atoms with E-state index in [1.807, 2.05) is 128 Å². The standard InChI is InChI=1S/C82H50N8/c83-47-53-14-13-23-63(40-53)82-80(89-76-43-59(64-28-36-72(85-49-64)55-15-5-1-6-16-55)24-32-68(76)69-33-25-60(44-77(69)89)65-29-37-73(86-50-65)56-17-7-2-8-18-56)41-54(48-84)42-81(82)90-78-45-61(66-30-38-74(87-51-66)57-19-9-3-10-20-57)26-34-70(78)71-35-27-62(46-79(71)90)67-31-39-75(88-52-67)58-21-11-4-12-22-58/h1-46,49-52H. The fraction of sp³-hybridized carbons (Fsp3) is 0. The zero-order chi connectivity index (χ0) is 60.1. The number of aromatic nitrogens is 6. The van der Waals surface area contributed by atoms with E-state index in [0.717, 1.165) is 156 Å². The molecule has 0 spiro atoms. The molecule has 0 amide bonds. The van der Waals surface area contributed by atoms with Gasteiger partial charge in [0, 0.05) is 96.4 Å². The van der Waals surface area contributed by atoms with Crippen LogP contribution in [0, 0.1) is 22.7 Å². The zero-order valence-electron chi connectivity index (χ0n) is 48.4. The van der Waals surface area contributed by atoms with Crippen LogP contribution in [0.2, 0.25) is 0 Å². The molecule has 8 nitrogen and oxygen atoms in total. The van der Waals surface area contributed by atoms with Crippen LogP contribution >= 0.6 is 0 Å². The van der Waals surface area contributed by atoms with E-state index in [1.54, 1.807) is 0 Å². The molecule has 0 saturated carbocycles. The maximum atomic E-state index is 11.5. The molecule has 8 heteroatoms. The van der Waals surface area contributed by atoms with Crippen LogP contribution < -0.4 is 0 Å². The monoisotopic (exact) mass is 1150 g/mol. The molecule has 0 unspecified atom stereocenters. The van der Waals surface area contributed by atoms with E-state index in [-0.39, 0.29) is 0 Å². The van der Waals surface area contributed by atoms with E-state index in [9.17, 15) is 10.5 Å². The van der Waals surface area contributed by atoms with Gasteiger partial charge in [-0.3, -0.25) is 19.9 Å². The van der Waals surface area contributed by atoms with Gasteiger partial charge < -0.3 is 9.13 Å². The van der Waals surface area contributed by atoms with Crippen molar-refractivity contribution in [2.45, 2.75) is 0 Å². The molecular weight excluding hydrogens is 1100 g/mol. The van der Waals surface area contributed by atoms with Gasteiger partial charge in [0.25, 0.3) is 0 Å². The SMILES string of the molecule is N#Cc1cccc(-c2c(-n3c4cc(-c5ccc(-c6ccccc6)nc5)ccc4c4ccc(-c5ccc(-c6ccccc6)nc5)cc43)cc(C#N)cc2-n2c3cc(-c4ccc(-c5ccccc5)nc4)ccc3c3ccc(-c4ccc(-c5ccccc5)nc4)cc32)c1. The molecule has 0 fully saturated rings. The van der Waals surface area contributed by atoms with Crippen molar-refractivity contribution in [2.75, 3.05) is 0 Å². The minimum absolute atomic E-state index is 0.451. The Morgan fingerprint density at radius 1 is 0.233 bits per heavy atom. The molecule has 6 heterocycles. The van der Waals surface area contributed by atoms with Crippen molar-refractivity contribution in [2.24, 2.45) is 0 Å². The van der Waals surface area contributed by atoms with Crippen LogP contribution in [0.15, 0.2) is 304 Å². The third-order valence-electron chi connectivity index (χ3n) is 17.2. The second kappa shape index (κ2) is 22.3. The average molecular weight is 1150 g/mol. The molecule has 0 saturated heterocycles. The van der Waals surface area contributed by atoms with Crippen molar-refractivity contribution >= 4 is 43.6 Å². The van der Waals surface area contributed by atoms with Crippen LogP contribution in [0.4, 0.5) is 0 Å². The predicted molar refractivity (Wildman–Crippen MR) is 365 cm³/mol. The number of hydrogen-bond donors (Lipinski definition) is 0. The van der Waals surface area contributed by atoms with Gasteiger partial charge in [0.05, 0.1) is 79.5 Å². The number of benzene rings is 10. The van der Waals surface area contributed by atoms with E-state index in [4.69, 9.17) is 19.9 Å². The highest BCUT2D eigenvalue weighted by atomic mass is 15.0. The summed E-state index contributed by atoms with van der Waals surface area (Å²) in [5, 5.41) is 26.4. The largest absolute Gasteiger partial charge is 0.308 e. The molecular formula is C82H50N8. The van der Waals surface area contributed by atoms with Crippen molar-refractivity contribution in [3.8, 4) is 124 Å². The van der Waals surface area contributed by atoms with E-state index in [1.165, 1.54) is 0 Å². The Hall–Kier alpha value is -12.6. The third-order valence-corrected chi connectivity index (χ3v) is 17.2. The fourth-order valence-corrected chi connectivity index (χ4v) is 12.7. The van der Waals surface area contributed by atoms with E-state index in [2.05, 4.69) is 197 Å². The van der Waals surface area contributed by atoms with Gasteiger partial charge in [-0.25, -0.2) is 0 Å². The topological polar surface area (TPSA) is 109 Å². The van der Waals surface area contributed by atoms with Crippen molar-refractivity contribution in [1.82, 2.24) is 29.1 Å². The van der Waals surface area contributed by atoms with E-state index < -0.39 is 0 Å². The summed E-state index contributed by atoms with van der Waals surface area (Å²) in [5.74, 6) is 0. The van der Waals surface area contributed by atoms with Gasteiger partial charge in [-0.2, -0.15) is 10.5 Å². The van der Waals surface area contributed by atoms with Gasteiger partial charge in [-0.1, -0.05) is 206 Å².